The van der Waals surface area contributed by atoms with E-state index in [1.807, 2.05) is 48.5 Å². The largest absolute Gasteiger partial charge is 0.326 e. The number of aryl methyl sites for hydroxylation is 1. The Labute approximate surface area is 125 Å². The SMILES string of the molecule is CCCc1ccccc1NC(=O)Nc1ccc(CN)cc1. The van der Waals surface area contributed by atoms with E-state index in [2.05, 4.69) is 17.6 Å². The standard InChI is InChI=1S/C17H21N3O/c1-2-5-14-6-3-4-7-16(14)20-17(21)19-15-10-8-13(12-18)9-11-15/h3-4,6-11H,2,5,12,18H2,1H3,(H2,19,20,21). The molecule has 0 saturated carbocycles. The van der Waals surface area contributed by atoms with Crippen LogP contribution in [0.3, 0.4) is 0 Å². The number of nitrogens with two attached hydrogens (primary N) is 1. The quantitative estimate of drug-likeness (QED) is 0.782. The van der Waals surface area contributed by atoms with E-state index >= 15 is 0 Å². The Kier molecular flexibility index (Phi) is 5.35. The fraction of sp³-hybridized carbons (Fsp3) is 0.235. The second-order valence-electron chi connectivity index (χ2n) is 4.89. The number of rotatable bonds is 5. The van der Waals surface area contributed by atoms with Crippen molar-refractivity contribution in [2.75, 3.05) is 10.6 Å². The minimum atomic E-state index is -0.237. The number of hydrogen-bond donors (Lipinski definition) is 3. The smallest absolute Gasteiger partial charge is 0.323 e. The minimum absolute atomic E-state index is 0.237. The number of para-hydroxylation sites is 1. The lowest BCUT2D eigenvalue weighted by molar-refractivity contribution is 0.262. The summed E-state index contributed by atoms with van der Waals surface area (Å²) in [6, 6.07) is 15.1. The van der Waals surface area contributed by atoms with E-state index in [-0.39, 0.29) is 6.03 Å². The Bertz CT molecular complexity index is 593. The lowest BCUT2D eigenvalue weighted by atomic mass is 10.1. The molecule has 0 aromatic heterocycles. The van der Waals surface area contributed by atoms with Crippen molar-refractivity contribution in [2.24, 2.45) is 5.73 Å². The van der Waals surface area contributed by atoms with Gasteiger partial charge in [-0.3, -0.25) is 0 Å². The number of amides is 2. The predicted octanol–water partition coefficient (Wildman–Crippen LogP) is 3.74. The third kappa shape index (κ3) is 4.33. The van der Waals surface area contributed by atoms with Crippen molar-refractivity contribution in [3.8, 4) is 0 Å². The summed E-state index contributed by atoms with van der Waals surface area (Å²) in [5, 5.41) is 5.72. The van der Waals surface area contributed by atoms with Crippen LogP contribution in [0.25, 0.3) is 0 Å². The molecule has 0 fully saturated rings. The Balaban J connectivity index is 2.01. The maximum absolute atomic E-state index is 12.0. The first-order valence-corrected chi connectivity index (χ1v) is 7.18. The van der Waals surface area contributed by atoms with Crippen LogP contribution in [-0.4, -0.2) is 6.03 Å². The first-order chi connectivity index (χ1) is 10.2. The van der Waals surface area contributed by atoms with Gasteiger partial charge < -0.3 is 16.4 Å². The van der Waals surface area contributed by atoms with Gasteiger partial charge in [0.25, 0.3) is 0 Å². The van der Waals surface area contributed by atoms with E-state index in [0.717, 1.165) is 35.3 Å². The van der Waals surface area contributed by atoms with Gasteiger partial charge in [-0.05, 0) is 35.7 Å². The van der Waals surface area contributed by atoms with E-state index in [0.29, 0.717) is 6.54 Å². The molecule has 0 saturated heterocycles. The van der Waals surface area contributed by atoms with Crippen LogP contribution in [0.2, 0.25) is 0 Å². The van der Waals surface area contributed by atoms with Crippen LogP contribution in [0.4, 0.5) is 16.2 Å². The van der Waals surface area contributed by atoms with Crippen LogP contribution >= 0.6 is 0 Å². The molecule has 4 nitrogen and oxygen atoms in total. The molecule has 4 heteroatoms. The summed E-state index contributed by atoms with van der Waals surface area (Å²) >= 11 is 0. The molecule has 21 heavy (non-hydrogen) atoms. The van der Waals surface area contributed by atoms with Gasteiger partial charge in [0.2, 0.25) is 0 Å². The van der Waals surface area contributed by atoms with E-state index in [9.17, 15) is 4.79 Å². The maximum Gasteiger partial charge on any atom is 0.323 e. The summed E-state index contributed by atoms with van der Waals surface area (Å²) in [6.45, 7) is 2.62. The maximum atomic E-state index is 12.0. The van der Waals surface area contributed by atoms with Gasteiger partial charge in [0.15, 0.2) is 0 Å². The highest BCUT2D eigenvalue weighted by atomic mass is 16.2. The van der Waals surface area contributed by atoms with Crippen molar-refractivity contribution in [2.45, 2.75) is 26.3 Å². The highest BCUT2D eigenvalue weighted by Crippen LogP contribution is 2.17. The van der Waals surface area contributed by atoms with Gasteiger partial charge in [-0.25, -0.2) is 4.79 Å². The Morgan fingerprint density at radius 1 is 1.05 bits per heavy atom. The van der Waals surface area contributed by atoms with Gasteiger partial charge in [-0.1, -0.05) is 43.7 Å². The van der Waals surface area contributed by atoms with Crippen molar-refractivity contribution in [1.29, 1.82) is 0 Å². The molecule has 0 atom stereocenters. The lowest BCUT2D eigenvalue weighted by Gasteiger charge is -2.11. The highest BCUT2D eigenvalue weighted by Gasteiger charge is 2.06. The molecule has 0 spiro atoms. The molecule has 110 valence electrons. The summed E-state index contributed by atoms with van der Waals surface area (Å²) in [5.74, 6) is 0. The van der Waals surface area contributed by atoms with Crippen molar-refractivity contribution in [3.05, 3.63) is 59.7 Å². The zero-order valence-electron chi connectivity index (χ0n) is 12.2. The first-order valence-electron chi connectivity index (χ1n) is 7.18. The van der Waals surface area contributed by atoms with Gasteiger partial charge >= 0.3 is 6.03 Å². The molecule has 2 amide bonds. The van der Waals surface area contributed by atoms with E-state index < -0.39 is 0 Å². The molecular formula is C17H21N3O. The molecule has 0 aliphatic heterocycles. The molecule has 0 aliphatic rings. The van der Waals surface area contributed by atoms with Gasteiger partial charge in [0.1, 0.15) is 0 Å². The number of hydrogen-bond acceptors (Lipinski definition) is 2. The number of benzene rings is 2. The number of urea groups is 1. The number of anilines is 2. The second-order valence-corrected chi connectivity index (χ2v) is 4.89. The third-order valence-corrected chi connectivity index (χ3v) is 3.23. The van der Waals surface area contributed by atoms with Crippen LogP contribution in [0.15, 0.2) is 48.5 Å². The Morgan fingerprint density at radius 2 is 1.76 bits per heavy atom. The van der Waals surface area contributed by atoms with Crippen molar-refractivity contribution in [3.63, 3.8) is 0 Å². The van der Waals surface area contributed by atoms with E-state index in [1.165, 1.54) is 0 Å². The second kappa shape index (κ2) is 7.45. The van der Waals surface area contributed by atoms with Crippen LogP contribution in [0.5, 0.6) is 0 Å². The molecule has 0 aliphatic carbocycles. The summed E-state index contributed by atoms with van der Waals surface area (Å²) in [5.41, 5.74) is 9.34. The molecule has 4 N–H and O–H groups in total. The van der Waals surface area contributed by atoms with Gasteiger partial charge in [0.05, 0.1) is 0 Å². The molecule has 0 unspecified atom stereocenters. The van der Waals surface area contributed by atoms with Gasteiger partial charge in [0, 0.05) is 17.9 Å². The monoisotopic (exact) mass is 283 g/mol. The molecule has 2 aromatic rings. The number of carbonyl (C=O) groups excluding carboxylic acids is 1. The van der Waals surface area contributed by atoms with Crippen LogP contribution in [-0.2, 0) is 13.0 Å². The van der Waals surface area contributed by atoms with Crippen LogP contribution < -0.4 is 16.4 Å². The number of nitrogens with one attached hydrogen (secondary N) is 2. The molecule has 0 radical (unpaired) electrons. The molecule has 0 heterocycles. The number of carbonyl (C=O) groups is 1. The predicted molar refractivity (Wildman–Crippen MR) is 87.4 cm³/mol. The zero-order chi connectivity index (χ0) is 15.1. The molecule has 2 rings (SSSR count). The van der Waals surface area contributed by atoms with Gasteiger partial charge in [-0.15, -0.1) is 0 Å². The van der Waals surface area contributed by atoms with Crippen LogP contribution in [0, 0.1) is 0 Å². The minimum Gasteiger partial charge on any atom is -0.326 e. The van der Waals surface area contributed by atoms with Crippen molar-refractivity contribution in [1.82, 2.24) is 0 Å². The Hall–Kier alpha value is -2.33. The van der Waals surface area contributed by atoms with E-state index in [4.69, 9.17) is 5.73 Å². The Morgan fingerprint density at radius 3 is 2.43 bits per heavy atom. The van der Waals surface area contributed by atoms with E-state index in [1.54, 1.807) is 0 Å². The van der Waals surface area contributed by atoms with Gasteiger partial charge in [-0.2, -0.15) is 0 Å². The fourth-order valence-corrected chi connectivity index (χ4v) is 2.14. The first kappa shape index (κ1) is 15.1. The topological polar surface area (TPSA) is 67.2 Å². The van der Waals surface area contributed by atoms with Crippen molar-refractivity contribution >= 4 is 17.4 Å². The summed E-state index contributed by atoms with van der Waals surface area (Å²) in [6.07, 6.45) is 1.99. The normalized spacial score (nSPS) is 10.2. The lowest BCUT2D eigenvalue weighted by Crippen LogP contribution is -2.20. The summed E-state index contributed by atoms with van der Waals surface area (Å²) < 4.78 is 0. The molecule has 2 aromatic carbocycles. The van der Waals surface area contributed by atoms with Crippen LogP contribution in [0.1, 0.15) is 24.5 Å². The summed E-state index contributed by atoms with van der Waals surface area (Å²) in [4.78, 5) is 12.0. The summed E-state index contributed by atoms with van der Waals surface area (Å²) in [7, 11) is 0. The fourth-order valence-electron chi connectivity index (χ4n) is 2.14. The highest BCUT2D eigenvalue weighted by molar-refractivity contribution is 6.00. The van der Waals surface area contributed by atoms with Crippen molar-refractivity contribution < 1.29 is 4.79 Å². The average Bonchev–Trinajstić information content (AvgIpc) is 2.50. The molecule has 0 bridgehead atoms. The zero-order valence-corrected chi connectivity index (χ0v) is 12.2. The average molecular weight is 283 g/mol. The third-order valence-electron chi connectivity index (χ3n) is 3.23. The molecular weight excluding hydrogens is 262 g/mol.